The largest absolute Gasteiger partial charge is 0.385 e. The average molecular weight is 481 g/mol. The van der Waals surface area contributed by atoms with Gasteiger partial charge in [-0.05, 0) is 44.3 Å². The SMILES string of the molecule is COCC[Si](C)(C)C.c1cnc(-c2c[nH]c3nccc(N4CCCC5(CCCCN5)C4)c23)cn1. The Balaban J connectivity index is 0.000000297. The first-order valence-electron chi connectivity index (χ1n) is 12.6. The van der Waals surface area contributed by atoms with Gasteiger partial charge in [0.15, 0.2) is 0 Å². The molecule has 5 heterocycles. The predicted octanol–water partition coefficient (Wildman–Crippen LogP) is 5.10. The third-order valence-corrected chi connectivity index (χ3v) is 8.65. The van der Waals surface area contributed by atoms with Crippen molar-refractivity contribution < 1.29 is 4.74 Å². The number of hydrogen-bond acceptors (Lipinski definition) is 6. The smallest absolute Gasteiger partial charge is 0.140 e. The van der Waals surface area contributed by atoms with E-state index in [0.717, 1.165) is 48.5 Å². The Bertz CT molecular complexity index is 1040. The third-order valence-electron chi connectivity index (χ3n) is 6.95. The summed E-state index contributed by atoms with van der Waals surface area (Å²) in [4.78, 5) is 19.1. The Kier molecular flexibility index (Phi) is 8.01. The monoisotopic (exact) mass is 480 g/mol. The molecular weight excluding hydrogens is 440 g/mol. The van der Waals surface area contributed by atoms with Crippen molar-refractivity contribution in [3.63, 3.8) is 0 Å². The van der Waals surface area contributed by atoms with Crippen molar-refractivity contribution in [1.29, 1.82) is 0 Å². The van der Waals surface area contributed by atoms with E-state index in [1.54, 1.807) is 19.5 Å². The highest BCUT2D eigenvalue weighted by Gasteiger charge is 2.37. The fourth-order valence-electron chi connectivity index (χ4n) is 5.07. The first kappa shape index (κ1) is 24.8. The standard InChI is InChI=1S/C20H24N6.C6H16OSi/c1-2-7-25-20(5-1)6-3-11-26(14-20)17-4-8-23-19-18(17)15(12-24-19)16-13-21-9-10-22-16;1-7-5-6-8(2,3)4/h4,8-10,12-13,25H,1-3,5-7,11,14H2,(H,23,24);5-6H2,1-4H3. The second-order valence-electron chi connectivity index (χ2n) is 10.8. The number of pyridine rings is 1. The Labute approximate surface area is 204 Å². The maximum atomic E-state index is 4.95. The van der Waals surface area contributed by atoms with Crippen LogP contribution in [0, 0.1) is 0 Å². The molecule has 2 aliphatic rings. The van der Waals surface area contributed by atoms with Gasteiger partial charge < -0.3 is 19.9 Å². The van der Waals surface area contributed by atoms with Gasteiger partial charge in [0.05, 0.1) is 23.0 Å². The van der Waals surface area contributed by atoms with Crippen LogP contribution in [0.2, 0.25) is 25.7 Å². The molecule has 0 radical (unpaired) electrons. The number of aromatic amines is 1. The highest BCUT2D eigenvalue weighted by molar-refractivity contribution is 6.76. The zero-order chi connectivity index (χ0) is 24.0. The van der Waals surface area contributed by atoms with E-state index < -0.39 is 8.07 Å². The van der Waals surface area contributed by atoms with Crippen LogP contribution in [-0.2, 0) is 4.74 Å². The molecule has 8 heteroatoms. The first-order valence-corrected chi connectivity index (χ1v) is 16.3. The van der Waals surface area contributed by atoms with E-state index in [9.17, 15) is 0 Å². The molecule has 2 N–H and O–H groups in total. The van der Waals surface area contributed by atoms with Crippen LogP contribution in [0.4, 0.5) is 5.69 Å². The minimum absolute atomic E-state index is 0.273. The van der Waals surface area contributed by atoms with Crippen LogP contribution in [-0.4, -0.2) is 66.9 Å². The molecule has 1 spiro atoms. The van der Waals surface area contributed by atoms with Gasteiger partial charge in [0, 0.05) is 70.8 Å². The lowest BCUT2D eigenvalue weighted by Crippen LogP contribution is -2.59. The molecule has 5 rings (SSSR count). The van der Waals surface area contributed by atoms with Crippen molar-refractivity contribution in [2.75, 3.05) is 38.3 Å². The van der Waals surface area contributed by atoms with Crippen LogP contribution in [0.25, 0.3) is 22.3 Å². The van der Waals surface area contributed by atoms with Gasteiger partial charge in [-0.3, -0.25) is 9.97 Å². The molecule has 3 aromatic heterocycles. The molecule has 0 bridgehead atoms. The van der Waals surface area contributed by atoms with Gasteiger partial charge in [0.1, 0.15) is 5.65 Å². The summed E-state index contributed by atoms with van der Waals surface area (Å²) < 4.78 is 4.95. The molecule has 34 heavy (non-hydrogen) atoms. The van der Waals surface area contributed by atoms with Gasteiger partial charge in [-0.15, -0.1) is 0 Å². The minimum atomic E-state index is -0.803. The average Bonchev–Trinajstić information content (AvgIpc) is 3.28. The number of hydrogen-bond donors (Lipinski definition) is 2. The molecule has 2 fully saturated rings. The fraction of sp³-hybridized carbons (Fsp3) is 0.577. The maximum absolute atomic E-state index is 4.95. The molecule has 2 saturated heterocycles. The van der Waals surface area contributed by atoms with E-state index in [-0.39, 0.29) is 5.54 Å². The van der Waals surface area contributed by atoms with Crippen molar-refractivity contribution in [2.45, 2.75) is 63.3 Å². The highest BCUT2D eigenvalue weighted by Crippen LogP contribution is 2.37. The Morgan fingerprint density at radius 1 is 1.09 bits per heavy atom. The summed E-state index contributed by atoms with van der Waals surface area (Å²) in [7, 11) is 0.961. The van der Waals surface area contributed by atoms with Crippen LogP contribution >= 0.6 is 0 Å². The number of anilines is 1. The van der Waals surface area contributed by atoms with E-state index >= 15 is 0 Å². The number of nitrogens with zero attached hydrogens (tertiary/aromatic N) is 4. The number of rotatable bonds is 5. The molecular formula is C26H40N6OSi. The summed E-state index contributed by atoms with van der Waals surface area (Å²) in [6.45, 7) is 11.3. The number of aromatic nitrogens is 4. The van der Waals surface area contributed by atoms with Crippen LogP contribution in [0.5, 0.6) is 0 Å². The van der Waals surface area contributed by atoms with Gasteiger partial charge in [-0.2, -0.15) is 0 Å². The van der Waals surface area contributed by atoms with Crippen molar-refractivity contribution in [2.24, 2.45) is 0 Å². The van der Waals surface area contributed by atoms with Gasteiger partial charge in [-0.25, -0.2) is 4.98 Å². The van der Waals surface area contributed by atoms with Crippen molar-refractivity contribution in [3.8, 4) is 11.3 Å². The topological polar surface area (TPSA) is 79.0 Å². The fourth-order valence-corrected chi connectivity index (χ4v) is 5.88. The third kappa shape index (κ3) is 6.03. The molecule has 0 amide bonds. The second-order valence-corrected chi connectivity index (χ2v) is 16.5. The summed E-state index contributed by atoms with van der Waals surface area (Å²) in [6.07, 6.45) is 15.6. The van der Waals surface area contributed by atoms with Crippen LogP contribution in [0.3, 0.4) is 0 Å². The van der Waals surface area contributed by atoms with Crippen molar-refractivity contribution >= 4 is 24.8 Å². The van der Waals surface area contributed by atoms with E-state index in [4.69, 9.17) is 4.74 Å². The highest BCUT2D eigenvalue weighted by atomic mass is 28.3. The Morgan fingerprint density at radius 3 is 2.62 bits per heavy atom. The van der Waals surface area contributed by atoms with Crippen LogP contribution < -0.4 is 10.2 Å². The quantitative estimate of drug-likeness (QED) is 0.495. The zero-order valence-corrected chi connectivity index (χ0v) is 22.2. The molecule has 0 saturated carbocycles. The van der Waals surface area contributed by atoms with E-state index in [0.29, 0.717) is 0 Å². The molecule has 1 unspecified atom stereocenters. The lowest BCUT2D eigenvalue weighted by molar-refractivity contribution is 0.214. The number of methoxy groups -OCH3 is 1. The maximum Gasteiger partial charge on any atom is 0.140 e. The van der Waals surface area contributed by atoms with Gasteiger partial charge >= 0.3 is 0 Å². The normalized spacial score (nSPS) is 20.9. The summed E-state index contributed by atoms with van der Waals surface area (Å²) in [5.74, 6) is 0. The number of fused-ring (bicyclic) bond motifs is 1. The lowest BCUT2D eigenvalue weighted by atomic mass is 9.81. The summed E-state index contributed by atoms with van der Waals surface area (Å²) >= 11 is 0. The molecule has 184 valence electrons. The van der Waals surface area contributed by atoms with Gasteiger partial charge in [0.2, 0.25) is 0 Å². The predicted molar refractivity (Wildman–Crippen MR) is 143 cm³/mol. The van der Waals surface area contributed by atoms with E-state index in [2.05, 4.69) is 55.9 Å². The first-order chi connectivity index (χ1) is 16.4. The molecule has 2 aliphatic heterocycles. The van der Waals surface area contributed by atoms with Gasteiger partial charge in [-0.1, -0.05) is 26.1 Å². The molecule has 7 nitrogen and oxygen atoms in total. The number of ether oxygens (including phenoxy) is 1. The molecule has 3 aromatic rings. The van der Waals surface area contributed by atoms with Crippen LogP contribution in [0.1, 0.15) is 32.1 Å². The molecule has 0 aromatic carbocycles. The van der Waals surface area contributed by atoms with E-state index in [1.807, 2.05) is 18.6 Å². The molecule has 0 aliphatic carbocycles. The van der Waals surface area contributed by atoms with Gasteiger partial charge in [0.25, 0.3) is 0 Å². The number of piperidine rings is 2. The van der Waals surface area contributed by atoms with Crippen molar-refractivity contribution in [1.82, 2.24) is 25.3 Å². The second kappa shape index (κ2) is 11.0. The van der Waals surface area contributed by atoms with Crippen LogP contribution in [0.15, 0.2) is 37.1 Å². The molecule has 1 atom stereocenters. The van der Waals surface area contributed by atoms with E-state index in [1.165, 1.54) is 43.8 Å². The number of H-pyrrole nitrogens is 1. The number of nitrogens with one attached hydrogen (secondary N) is 2. The summed E-state index contributed by atoms with van der Waals surface area (Å²) in [6, 6.07) is 3.43. The summed E-state index contributed by atoms with van der Waals surface area (Å²) in [5, 5.41) is 4.99. The zero-order valence-electron chi connectivity index (χ0n) is 21.2. The minimum Gasteiger partial charge on any atom is -0.385 e. The Hall–Kier alpha value is -2.29. The summed E-state index contributed by atoms with van der Waals surface area (Å²) in [5.41, 5.74) is 4.40. The Morgan fingerprint density at radius 2 is 1.94 bits per heavy atom. The lowest BCUT2D eigenvalue weighted by Gasteiger charge is -2.47. The van der Waals surface area contributed by atoms with Crippen molar-refractivity contribution in [3.05, 3.63) is 37.1 Å².